The molecule has 0 amide bonds. The third-order valence-electron chi connectivity index (χ3n) is 2.14. The summed E-state index contributed by atoms with van der Waals surface area (Å²) in [7, 11) is 0. The van der Waals surface area contributed by atoms with Crippen molar-refractivity contribution < 1.29 is 9.47 Å². The van der Waals surface area contributed by atoms with Crippen molar-refractivity contribution in [2.45, 2.75) is 18.3 Å². The lowest BCUT2D eigenvalue weighted by atomic mass is 10.2. The number of ether oxygens (including phenoxy) is 2. The third kappa shape index (κ3) is 1.68. The molecular weight excluding hydrogens is 257 g/mol. The molecule has 2 aliphatic rings. The molecule has 1 N–H and O–H groups in total. The first-order valence-corrected chi connectivity index (χ1v) is 5.46. The van der Waals surface area contributed by atoms with Crippen LogP contribution in [0.4, 0.5) is 0 Å². The maximum Gasteiger partial charge on any atom is 0.0978 e. The van der Waals surface area contributed by atoms with Crippen LogP contribution in [0.3, 0.4) is 0 Å². The fourth-order valence-corrected chi connectivity index (χ4v) is 1.99. The Kier molecular flexibility index (Phi) is 2.65. The number of fused-ring (bicyclic) bond motifs is 1. The fraction of sp³-hybridized carbons (Fsp3) is 1.00. The highest BCUT2D eigenvalue weighted by atomic mass is 127. The van der Waals surface area contributed by atoms with Crippen molar-refractivity contribution in [1.82, 2.24) is 5.32 Å². The smallest absolute Gasteiger partial charge is 0.0978 e. The molecule has 0 saturated carbocycles. The molecule has 0 aromatic rings. The Bertz CT molecular complexity index is 144. The van der Waals surface area contributed by atoms with Crippen molar-refractivity contribution in [3.63, 3.8) is 0 Å². The summed E-state index contributed by atoms with van der Waals surface area (Å²) in [4.78, 5) is 0. The average molecular weight is 269 g/mol. The number of halogens is 1. The highest BCUT2D eigenvalue weighted by Crippen LogP contribution is 2.18. The highest BCUT2D eigenvalue weighted by molar-refractivity contribution is 14.1. The lowest BCUT2D eigenvalue weighted by molar-refractivity contribution is -0.151. The van der Waals surface area contributed by atoms with E-state index in [4.69, 9.17) is 9.47 Å². The van der Waals surface area contributed by atoms with Gasteiger partial charge in [-0.05, 0) is 0 Å². The van der Waals surface area contributed by atoms with Crippen LogP contribution < -0.4 is 5.32 Å². The first kappa shape index (κ1) is 8.22. The zero-order valence-electron chi connectivity index (χ0n) is 6.25. The van der Waals surface area contributed by atoms with E-state index in [1.165, 1.54) is 0 Å². The molecule has 0 radical (unpaired) electrons. The van der Waals surface area contributed by atoms with Crippen molar-refractivity contribution >= 4 is 22.6 Å². The van der Waals surface area contributed by atoms with Crippen LogP contribution in [-0.2, 0) is 9.47 Å². The van der Waals surface area contributed by atoms with Crippen LogP contribution in [0.1, 0.15) is 0 Å². The van der Waals surface area contributed by atoms with E-state index < -0.39 is 0 Å². The van der Waals surface area contributed by atoms with Crippen LogP contribution in [0.2, 0.25) is 0 Å². The Morgan fingerprint density at radius 1 is 1.36 bits per heavy atom. The molecule has 0 bridgehead atoms. The van der Waals surface area contributed by atoms with Crippen molar-refractivity contribution in [3.05, 3.63) is 0 Å². The zero-order valence-corrected chi connectivity index (χ0v) is 8.41. The van der Waals surface area contributed by atoms with Gasteiger partial charge in [0.05, 0.1) is 24.9 Å². The lowest BCUT2D eigenvalue weighted by Crippen LogP contribution is -2.43. The van der Waals surface area contributed by atoms with Gasteiger partial charge in [-0.3, -0.25) is 0 Å². The average Bonchev–Trinajstić information content (AvgIpc) is 2.50. The number of hydrogen-bond donors (Lipinski definition) is 1. The van der Waals surface area contributed by atoms with Crippen molar-refractivity contribution in [3.8, 4) is 0 Å². The van der Waals surface area contributed by atoms with E-state index in [9.17, 15) is 0 Å². The molecule has 3 unspecified atom stereocenters. The molecule has 2 rings (SSSR count). The normalized spacial score (nSPS) is 43.9. The van der Waals surface area contributed by atoms with E-state index >= 15 is 0 Å². The van der Waals surface area contributed by atoms with Gasteiger partial charge in [-0.1, -0.05) is 22.6 Å². The number of nitrogens with one attached hydrogen (secondary N) is 1. The van der Waals surface area contributed by atoms with Crippen LogP contribution >= 0.6 is 22.6 Å². The minimum atomic E-state index is 0.309. The highest BCUT2D eigenvalue weighted by Gasteiger charge is 2.34. The second-order valence-electron chi connectivity index (χ2n) is 2.98. The van der Waals surface area contributed by atoms with Gasteiger partial charge in [0.2, 0.25) is 0 Å². The second kappa shape index (κ2) is 3.55. The Labute approximate surface area is 80.0 Å². The molecule has 11 heavy (non-hydrogen) atoms. The topological polar surface area (TPSA) is 30.5 Å². The van der Waals surface area contributed by atoms with Gasteiger partial charge in [0.1, 0.15) is 0 Å². The van der Waals surface area contributed by atoms with Gasteiger partial charge in [0.15, 0.2) is 0 Å². The minimum Gasteiger partial charge on any atom is -0.371 e. The molecule has 0 aromatic heterocycles. The fourth-order valence-electron chi connectivity index (χ4n) is 1.53. The van der Waals surface area contributed by atoms with Crippen molar-refractivity contribution in [2.24, 2.45) is 0 Å². The number of alkyl halides is 1. The van der Waals surface area contributed by atoms with E-state index in [0.717, 1.165) is 24.1 Å². The molecule has 3 nitrogen and oxygen atoms in total. The summed E-state index contributed by atoms with van der Waals surface area (Å²) in [5.41, 5.74) is 0. The molecule has 64 valence electrons. The maximum absolute atomic E-state index is 5.76. The van der Waals surface area contributed by atoms with E-state index in [2.05, 4.69) is 27.9 Å². The number of rotatable bonds is 1. The van der Waals surface area contributed by atoms with Crippen LogP contribution in [0.15, 0.2) is 0 Å². The third-order valence-corrected chi connectivity index (χ3v) is 3.12. The number of hydrogen-bond acceptors (Lipinski definition) is 3. The summed E-state index contributed by atoms with van der Waals surface area (Å²) in [6.07, 6.45) is 0.939. The summed E-state index contributed by atoms with van der Waals surface area (Å²) in [5.74, 6) is 0. The minimum absolute atomic E-state index is 0.309. The first-order chi connectivity index (χ1) is 5.40. The Morgan fingerprint density at radius 3 is 3.00 bits per heavy atom. The summed E-state index contributed by atoms with van der Waals surface area (Å²) in [5, 5.41) is 3.26. The second-order valence-corrected chi connectivity index (χ2v) is 3.86. The van der Waals surface area contributed by atoms with Gasteiger partial charge in [-0.15, -0.1) is 0 Å². The Morgan fingerprint density at radius 2 is 2.18 bits per heavy atom. The van der Waals surface area contributed by atoms with E-state index in [0.29, 0.717) is 18.3 Å². The van der Waals surface area contributed by atoms with Crippen LogP contribution in [-0.4, -0.2) is 42.4 Å². The van der Waals surface area contributed by atoms with Gasteiger partial charge in [-0.25, -0.2) is 0 Å². The molecule has 0 aliphatic carbocycles. The van der Waals surface area contributed by atoms with Crippen molar-refractivity contribution in [2.75, 3.05) is 24.1 Å². The van der Waals surface area contributed by atoms with Gasteiger partial charge in [0.25, 0.3) is 0 Å². The van der Waals surface area contributed by atoms with E-state index in [1.807, 2.05) is 0 Å². The molecule has 0 aromatic carbocycles. The molecule has 2 fully saturated rings. The van der Waals surface area contributed by atoms with E-state index in [1.54, 1.807) is 0 Å². The van der Waals surface area contributed by atoms with Crippen LogP contribution in [0.25, 0.3) is 0 Å². The SMILES string of the molecule is ICC1COC2CNCC2O1. The maximum atomic E-state index is 5.76. The molecule has 4 heteroatoms. The van der Waals surface area contributed by atoms with Gasteiger partial charge < -0.3 is 14.8 Å². The van der Waals surface area contributed by atoms with Crippen LogP contribution in [0, 0.1) is 0 Å². The Hall–Kier alpha value is 0.610. The van der Waals surface area contributed by atoms with Gasteiger partial charge in [-0.2, -0.15) is 0 Å². The van der Waals surface area contributed by atoms with Crippen molar-refractivity contribution in [1.29, 1.82) is 0 Å². The standard InChI is InChI=1S/C7H12INO2/c8-1-5-4-10-6-2-9-3-7(6)11-5/h5-7,9H,1-4H2. The Balaban J connectivity index is 1.91. The lowest BCUT2D eigenvalue weighted by Gasteiger charge is -2.31. The predicted molar refractivity (Wildman–Crippen MR) is 50.2 cm³/mol. The molecule has 2 heterocycles. The quantitative estimate of drug-likeness (QED) is 0.544. The van der Waals surface area contributed by atoms with Gasteiger partial charge >= 0.3 is 0 Å². The summed E-state index contributed by atoms with van der Waals surface area (Å²) in [6.45, 7) is 2.68. The largest absolute Gasteiger partial charge is 0.371 e. The molecule has 3 atom stereocenters. The molecule has 0 spiro atoms. The van der Waals surface area contributed by atoms with Gasteiger partial charge in [0, 0.05) is 17.5 Å². The molecule has 2 aliphatic heterocycles. The summed E-state index contributed by atoms with van der Waals surface area (Å²) >= 11 is 2.34. The summed E-state index contributed by atoms with van der Waals surface area (Å²) in [6, 6.07) is 0. The zero-order chi connectivity index (χ0) is 7.68. The molecule has 2 saturated heterocycles. The van der Waals surface area contributed by atoms with E-state index in [-0.39, 0.29) is 0 Å². The predicted octanol–water partition coefficient (Wildman–Crippen LogP) is 0.177. The first-order valence-electron chi connectivity index (χ1n) is 3.94. The monoisotopic (exact) mass is 269 g/mol. The summed E-state index contributed by atoms with van der Waals surface area (Å²) < 4.78 is 12.4. The van der Waals surface area contributed by atoms with Crippen LogP contribution in [0.5, 0.6) is 0 Å². The molecular formula is C7H12INO2.